The molecule has 0 aliphatic heterocycles. The minimum atomic E-state index is -3.84. The third-order valence-corrected chi connectivity index (χ3v) is 4.47. The second kappa shape index (κ2) is 7.50. The quantitative estimate of drug-likeness (QED) is 0.738. The first kappa shape index (κ1) is 16.8. The summed E-state index contributed by atoms with van der Waals surface area (Å²) in [5, 5.41) is 8.52. The maximum Gasteiger partial charge on any atom is 0.240 e. The van der Waals surface area contributed by atoms with Crippen LogP contribution in [0.25, 0.3) is 0 Å². The van der Waals surface area contributed by atoms with Gasteiger partial charge in [-0.2, -0.15) is 0 Å². The summed E-state index contributed by atoms with van der Waals surface area (Å²) in [5.41, 5.74) is 0.00709. The zero-order chi connectivity index (χ0) is 15.2. The molecule has 0 radical (unpaired) electrons. The van der Waals surface area contributed by atoms with Crippen LogP contribution in [0.2, 0.25) is 0 Å². The van der Waals surface area contributed by atoms with Crippen molar-refractivity contribution in [3.8, 4) is 11.8 Å². The first-order chi connectivity index (χ1) is 9.36. The van der Waals surface area contributed by atoms with Crippen molar-refractivity contribution in [1.82, 2.24) is 4.72 Å². The lowest BCUT2D eigenvalue weighted by Gasteiger charge is -2.06. The molecule has 0 aliphatic rings. The predicted octanol–water partition coefficient (Wildman–Crippen LogP) is -0.174. The van der Waals surface area contributed by atoms with Gasteiger partial charge in [-0.05, 0) is 18.2 Å². The van der Waals surface area contributed by atoms with E-state index in [0.717, 1.165) is 6.07 Å². The molecule has 1 aromatic carbocycles. The van der Waals surface area contributed by atoms with Gasteiger partial charge in [0.2, 0.25) is 10.0 Å². The number of sulfonamides is 1. The van der Waals surface area contributed by atoms with Crippen molar-refractivity contribution in [3.63, 3.8) is 0 Å². The summed E-state index contributed by atoms with van der Waals surface area (Å²) in [7, 11) is -4.95. The van der Waals surface area contributed by atoms with Gasteiger partial charge in [0.1, 0.15) is 12.4 Å². The zero-order valence-electron chi connectivity index (χ0n) is 10.7. The predicted molar refractivity (Wildman–Crippen MR) is 74.5 cm³/mol. The van der Waals surface area contributed by atoms with Gasteiger partial charge in [-0.1, -0.05) is 11.8 Å². The van der Waals surface area contributed by atoms with E-state index in [9.17, 15) is 17.0 Å². The third kappa shape index (κ3) is 5.02. The van der Waals surface area contributed by atoms with Gasteiger partial charge < -0.3 is 5.11 Å². The van der Waals surface area contributed by atoms with Gasteiger partial charge in [-0.25, -0.2) is 17.5 Å². The second-order valence-electron chi connectivity index (χ2n) is 3.78. The highest BCUT2D eigenvalue weighted by atomic mass is 32.2. The lowest BCUT2D eigenvalue weighted by molar-refractivity contribution is 0.350. The fourth-order valence-electron chi connectivity index (χ4n) is 1.30. The third-order valence-electron chi connectivity index (χ3n) is 2.23. The van der Waals surface area contributed by atoms with Crippen molar-refractivity contribution in [2.24, 2.45) is 0 Å². The zero-order valence-corrected chi connectivity index (χ0v) is 12.4. The molecule has 0 saturated heterocycles. The van der Waals surface area contributed by atoms with Crippen LogP contribution >= 0.6 is 0 Å². The molecule has 0 aliphatic carbocycles. The SMILES string of the molecule is CS(=O)CCNS(=O)(=O)c1ccc(C#CCO)c(F)c1. The topological polar surface area (TPSA) is 83.5 Å². The molecular weight excluding hydrogens is 305 g/mol. The number of nitrogens with one attached hydrogen (secondary N) is 1. The van der Waals surface area contributed by atoms with E-state index in [-0.39, 0.29) is 22.8 Å². The van der Waals surface area contributed by atoms with E-state index < -0.39 is 33.2 Å². The van der Waals surface area contributed by atoms with Gasteiger partial charge in [0, 0.05) is 29.4 Å². The van der Waals surface area contributed by atoms with Crippen molar-refractivity contribution in [1.29, 1.82) is 0 Å². The van der Waals surface area contributed by atoms with Crippen LogP contribution < -0.4 is 4.72 Å². The molecule has 0 saturated carbocycles. The Morgan fingerprint density at radius 2 is 2.15 bits per heavy atom. The molecule has 1 aromatic rings. The van der Waals surface area contributed by atoms with Crippen LogP contribution in [0.15, 0.2) is 23.1 Å². The van der Waals surface area contributed by atoms with Gasteiger partial charge >= 0.3 is 0 Å². The Kier molecular flexibility index (Phi) is 6.29. The normalized spacial score (nSPS) is 12.6. The van der Waals surface area contributed by atoms with Crippen LogP contribution in [0.3, 0.4) is 0 Å². The first-order valence-corrected chi connectivity index (χ1v) is 8.77. The molecule has 0 aromatic heterocycles. The number of aliphatic hydroxyl groups is 1. The summed E-state index contributed by atoms with van der Waals surface area (Å²) in [6.07, 6.45) is 1.46. The average molecular weight is 319 g/mol. The number of halogens is 1. The smallest absolute Gasteiger partial charge is 0.240 e. The van der Waals surface area contributed by atoms with E-state index in [0.29, 0.717) is 0 Å². The van der Waals surface area contributed by atoms with Crippen LogP contribution in [0.4, 0.5) is 4.39 Å². The van der Waals surface area contributed by atoms with E-state index in [2.05, 4.69) is 16.6 Å². The number of aliphatic hydroxyl groups excluding tert-OH is 1. The molecular formula is C12H14FNO4S2. The van der Waals surface area contributed by atoms with Gasteiger partial charge in [-0.15, -0.1) is 0 Å². The Bertz CT molecular complexity index is 662. The number of hydrogen-bond donors (Lipinski definition) is 2. The molecule has 2 N–H and O–H groups in total. The molecule has 1 rings (SSSR count). The second-order valence-corrected chi connectivity index (χ2v) is 7.10. The monoisotopic (exact) mass is 319 g/mol. The number of rotatable bonds is 5. The Morgan fingerprint density at radius 3 is 2.70 bits per heavy atom. The molecule has 8 heteroatoms. The maximum absolute atomic E-state index is 13.6. The summed E-state index contributed by atoms with van der Waals surface area (Å²) in [6.45, 7) is -0.395. The van der Waals surface area contributed by atoms with E-state index in [1.807, 2.05) is 0 Å². The van der Waals surface area contributed by atoms with Gasteiger partial charge in [0.15, 0.2) is 0 Å². The van der Waals surface area contributed by atoms with Crippen molar-refractivity contribution >= 4 is 20.8 Å². The number of benzene rings is 1. The molecule has 110 valence electrons. The first-order valence-electron chi connectivity index (χ1n) is 5.56. The van der Waals surface area contributed by atoms with E-state index in [4.69, 9.17) is 5.11 Å². The molecule has 0 heterocycles. The summed E-state index contributed by atoms with van der Waals surface area (Å²) in [5.74, 6) is 4.04. The molecule has 5 nitrogen and oxygen atoms in total. The summed E-state index contributed by atoms with van der Waals surface area (Å²) in [6, 6.07) is 3.30. The van der Waals surface area contributed by atoms with Gasteiger partial charge in [-0.3, -0.25) is 4.21 Å². The fourth-order valence-corrected chi connectivity index (χ4v) is 2.86. The highest BCUT2D eigenvalue weighted by Gasteiger charge is 2.15. The highest BCUT2D eigenvalue weighted by molar-refractivity contribution is 7.89. The van der Waals surface area contributed by atoms with E-state index >= 15 is 0 Å². The molecule has 1 atom stereocenters. The van der Waals surface area contributed by atoms with Crippen molar-refractivity contribution in [2.45, 2.75) is 4.90 Å². The largest absolute Gasteiger partial charge is 0.384 e. The van der Waals surface area contributed by atoms with Crippen LogP contribution in [-0.4, -0.2) is 42.9 Å². The summed E-state index contributed by atoms with van der Waals surface area (Å²) in [4.78, 5) is -0.230. The van der Waals surface area contributed by atoms with Crippen LogP contribution in [0, 0.1) is 17.7 Å². The standard InChI is InChI=1S/C12H14FNO4S2/c1-19(16)8-6-14-20(17,18)11-5-4-10(3-2-7-15)12(13)9-11/h4-5,9,14-15H,6-8H2,1H3. The number of hydrogen-bond acceptors (Lipinski definition) is 4. The van der Waals surface area contributed by atoms with Crippen LogP contribution in [0.1, 0.15) is 5.56 Å². The van der Waals surface area contributed by atoms with E-state index in [1.54, 1.807) is 0 Å². The van der Waals surface area contributed by atoms with Crippen LogP contribution in [0.5, 0.6) is 0 Å². The van der Waals surface area contributed by atoms with Gasteiger partial charge in [0.05, 0.1) is 10.5 Å². The Labute approximate surface area is 119 Å². The highest BCUT2D eigenvalue weighted by Crippen LogP contribution is 2.14. The van der Waals surface area contributed by atoms with Gasteiger partial charge in [0.25, 0.3) is 0 Å². The minimum Gasteiger partial charge on any atom is -0.384 e. The summed E-state index contributed by atoms with van der Waals surface area (Å²) < 4.78 is 50.4. The van der Waals surface area contributed by atoms with Crippen molar-refractivity contribution < 1.29 is 22.1 Å². The molecule has 0 fully saturated rings. The maximum atomic E-state index is 13.6. The molecule has 1 unspecified atom stereocenters. The molecule has 20 heavy (non-hydrogen) atoms. The average Bonchev–Trinajstić information content (AvgIpc) is 2.36. The summed E-state index contributed by atoms with van der Waals surface area (Å²) >= 11 is 0. The lowest BCUT2D eigenvalue weighted by atomic mass is 10.2. The van der Waals surface area contributed by atoms with Crippen LogP contribution in [-0.2, 0) is 20.8 Å². The van der Waals surface area contributed by atoms with Crippen molar-refractivity contribution in [3.05, 3.63) is 29.6 Å². The molecule has 0 amide bonds. The molecule has 0 bridgehead atoms. The lowest BCUT2D eigenvalue weighted by Crippen LogP contribution is -2.27. The Balaban J connectivity index is 2.91. The van der Waals surface area contributed by atoms with E-state index in [1.165, 1.54) is 18.4 Å². The Morgan fingerprint density at radius 1 is 1.45 bits per heavy atom. The fraction of sp³-hybridized carbons (Fsp3) is 0.333. The minimum absolute atomic E-state index is 0.00709. The molecule has 0 spiro atoms. The van der Waals surface area contributed by atoms with Crippen molar-refractivity contribution in [2.75, 3.05) is 25.2 Å². The Hall–Kier alpha value is -1.27.